The van der Waals surface area contributed by atoms with Crippen molar-refractivity contribution in [3.05, 3.63) is 70.8 Å². The zero-order valence-corrected chi connectivity index (χ0v) is 10.1. The average molecular weight is 258 g/mol. The van der Waals surface area contributed by atoms with Crippen molar-refractivity contribution < 1.29 is 13.9 Å². The van der Waals surface area contributed by atoms with Gasteiger partial charge >= 0.3 is 0 Å². The van der Waals surface area contributed by atoms with Crippen LogP contribution in [0.2, 0.25) is 0 Å². The Morgan fingerprint density at radius 1 is 0.737 bits per heavy atom. The molecule has 0 unspecified atom stereocenters. The molecule has 0 radical (unpaired) electrons. The van der Waals surface area contributed by atoms with Gasteiger partial charge in [0, 0.05) is 0 Å². The van der Waals surface area contributed by atoms with Crippen LogP contribution in [0.1, 0.15) is 40.2 Å². The summed E-state index contributed by atoms with van der Waals surface area (Å²) in [4.78, 5) is 0. The first-order valence-electron chi connectivity index (χ1n) is 6.36. The average Bonchev–Trinajstić information content (AvgIpc) is 3.02. The predicted molar refractivity (Wildman–Crippen MR) is 67.4 cm³/mol. The Morgan fingerprint density at radius 3 is 1.53 bits per heavy atom. The lowest BCUT2D eigenvalue weighted by Gasteiger charge is -2.17. The molecule has 0 spiro atoms. The van der Waals surface area contributed by atoms with E-state index in [1.54, 1.807) is 48.5 Å². The van der Waals surface area contributed by atoms with Gasteiger partial charge < -0.3 is 5.11 Å². The van der Waals surface area contributed by atoms with Crippen LogP contribution in [-0.4, -0.2) is 11.0 Å². The zero-order valence-electron chi connectivity index (χ0n) is 10.1. The Bertz CT molecular complexity index is 610. The summed E-state index contributed by atoms with van der Waals surface area (Å²) in [5, 5.41) is 10.5. The zero-order chi connectivity index (χ0) is 13.2. The molecule has 1 saturated carbocycles. The molecular weight excluding hydrogens is 246 g/mol. The fourth-order valence-corrected chi connectivity index (χ4v) is 3.35. The quantitative estimate of drug-likeness (QED) is 0.765. The van der Waals surface area contributed by atoms with E-state index in [1.165, 1.54) is 0 Å². The molecule has 0 aromatic heterocycles. The molecule has 96 valence electrons. The number of rotatable bonds is 0. The van der Waals surface area contributed by atoms with Crippen LogP contribution in [0.4, 0.5) is 8.78 Å². The fourth-order valence-electron chi connectivity index (χ4n) is 3.35. The molecule has 3 atom stereocenters. The van der Waals surface area contributed by atoms with Crippen molar-refractivity contribution in [1.29, 1.82) is 0 Å². The van der Waals surface area contributed by atoms with Crippen LogP contribution in [0.3, 0.4) is 0 Å². The number of aliphatic hydroxyl groups excluding tert-OH is 1. The van der Waals surface area contributed by atoms with Crippen molar-refractivity contribution in [2.75, 3.05) is 0 Å². The van der Waals surface area contributed by atoms with E-state index in [4.69, 9.17) is 0 Å². The van der Waals surface area contributed by atoms with Gasteiger partial charge in [-0.3, -0.25) is 0 Å². The maximum Gasteiger partial charge on any atom is 0.263 e. The summed E-state index contributed by atoms with van der Waals surface area (Å²) in [5.74, 6) is -4.28. The van der Waals surface area contributed by atoms with Crippen LogP contribution in [0.25, 0.3) is 0 Å². The van der Waals surface area contributed by atoms with Crippen LogP contribution >= 0.6 is 0 Å². The Balaban J connectivity index is 2.02. The van der Waals surface area contributed by atoms with E-state index in [2.05, 4.69) is 0 Å². The van der Waals surface area contributed by atoms with Gasteiger partial charge in [0.05, 0.1) is 11.8 Å². The van der Waals surface area contributed by atoms with Gasteiger partial charge in [-0.05, 0) is 22.3 Å². The van der Waals surface area contributed by atoms with E-state index >= 15 is 0 Å². The molecular formula is C16H12F2O. The third-order valence-corrected chi connectivity index (χ3v) is 4.30. The van der Waals surface area contributed by atoms with E-state index in [9.17, 15) is 13.9 Å². The van der Waals surface area contributed by atoms with E-state index in [0.717, 1.165) is 0 Å². The summed E-state index contributed by atoms with van der Waals surface area (Å²) >= 11 is 0. The minimum Gasteiger partial charge on any atom is -0.384 e. The van der Waals surface area contributed by atoms with Gasteiger partial charge in [0.25, 0.3) is 5.92 Å². The van der Waals surface area contributed by atoms with Crippen LogP contribution in [-0.2, 0) is 0 Å². The first-order chi connectivity index (χ1) is 9.12. The van der Waals surface area contributed by atoms with Crippen molar-refractivity contribution in [2.24, 2.45) is 0 Å². The van der Waals surface area contributed by atoms with Crippen molar-refractivity contribution in [1.82, 2.24) is 0 Å². The number of benzene rings is 2. The number of hydrogen-bond donors (Lipinski definition) is 1. The molecule has 1 N–H and O–H groups in total. The van der Waals surface area contributed by atoms with Gasteiger partial charge in [-0.1, -0.05) is 48.5 Å². The van der Waals surface area contributed by atoms with Crippen LogP contribution in [0.15, 0.2) is 48.5 Å². The van der Waals surface area contributed by atoms with Gasteiger partial charge in [-0.2, -0.15) is 0 Å². The normalized spacial score (nSPS) is 29.7. The minimum absolute atomic E-state index is 0.584. The first kappa shape index (κ1) is 11.1. The van der Waals surface area contributed by atoms with Crippen molar-refractivity contribution >= 4 is 0 Å². The molecule has 2 aliphatic rings. The largest absolute Gasteiger partial charge is 0.384 e. The number of hydrogen-bond acceptors (Lipinski definition) is 1. The second kappa shape index (κ2) is 3.42. The second-order valence-electron chi connectivity index (χ2n) is 5.29. The number of aliphatic hydroxyl groups is 1. The maximum absolute atomic E-state index is 14.1. The van der Waals surface area contributed by atoms with Gasteiger partial charge in [0.2, 0.25) is 0 Å². The summed E-state index contributed by atoms with van der Waals surface area (Å²) in [6.07, 6.45) is -0.809. The van der Waals surface area contributed by atoms with Crippen LogP contribution in [0, 0.1) is 0 Å². The maximum atomic E-state index is 14.1. The lowest BCUT2D eigenvalue weighted by atomic mass is 9.94. The monoisotopic (exact) mass is 258 g/mol. The summed E-state index contributed by atoms with van der Waals surface area (Å²) < 4.78 is 28.2. The fraction of sp³-hybridized carbons (Fsp3) is 0.250. The van der Waals surface area contributed by atoms with Gasteiger partial charge in [0.15, 0.2) is 0 Å². The van der Waals surface area contributed by atoms with Crippen LogP contribution in [0.5, 0.6) is 0 Å². The van der Waals surface area contributed by atoms with E-state index < -0.39 is 23.9 Å². The van der Waals surface area contributed by atoms with Crippen molar-refractivity contribution in [3.63, 3.8) is 0 Å². The number of alkyl halides is 2. The summed E-state index contributed by atoms with van der Waals surface area (Å²) in [6.45, 7) is 0. The molecule has 2 aromatic carbocycles. The van der Waals surface area contributed by atoms with Gasteiger partial charge in [0.1, 0.15) is 6.10 Å². The third kappa shape index (κ3) is 1.31. The van der Waals surface area contributed by atoms with Crippen molar-refractivity contribution in [2.45, 2.75) is 23.9 Å². The standard InChI is InChI=1S/C16H12F2O/c17-16(18)13-9-5-1-3-7-11(9)15(19)12-8-4-2-6-10(12)14(13)16/h1-8,13-15,19H/t13-,14+,15-. The lowest BCUT2D eigenvalue weighted by molar-refractivity contribution is 0.103. The van der Waals surface area contributed by atoms with E-state index in [-0.39, 0.29) is 0 Å². The lowest BCUT2D eigenvalue weighted by Crippen LogP contribution is -2.08. The Kier molecular flexibility index (Phi) is 2.00. The molecule has 1 fully saturated rings. The highest BCUT2D eigenvalue weighted by atomic mass is 19.3. The highest BCUT2D eigenvalue weighted by Crippen LogP contribution is 2.69. The van der Waals surface area contributed by atoms with Gasteiger partial charge in [-0.25, -0.2) is 8.78 Å². The summed E-state index contributed by atoms with van der Waals surface area (Å²) in [5.41, 5.74) is 2.39. The topological polar surface area (TPSA) is 20.2 Å². The highest BCUT2D eigenvalue weighted by Gasteiger charge is 2.71. The van der Waals surface area contributed by atoms with Gasteiger partial charge in [-0.15, -0.1) is 0 Å². The molecule has 0 bridgehead atoms. The number of halogens is 2. The molecule has 1 nitrogen and oxygen atoms in total. The third-order valence-electron chi connectivity index (χ3n) is 4.30. The molecule has 0 heterocycles. The first-order valence-corrected chi connectivity index (χ1v) is 6.36. The molecule has 3 heteroatoms. The SMILES string of the molecule is O[C@@H]1c2ccccc2[C@@H]2[C@H](c3ccccc31)C2(F)F. The molecule has 19 heavy (non-hydrogen) atoms. The minimum atomic E-state index is -2.70. The van der Waals surface area contributed by atoms with Crippen molar-refractivity contribution in [3.8, 4) is 0 Å². The Labute approximate surface area is 109 Å². The van der Waals surface area contributed by atoms with Crippen LogP contribution < -0.4 is 0 Å². The summed E-state index contributed by atoms with van der Waals surface area (Å²) in [7, 11) is 0. The second-order valence-corrected chi connectivity index (χ2v) is 5.29. The summed E-state index contributed by atoms with van der Waals surface area (Å²) in [6, 6.07) is 14.0. The molecule has 0 saturated heterocycles. The number of fused-ring (bicyclic) bond motifs is 5. The smallest absolute Gasteiger partial charge is 0.263 e. The predicted octanol–water partition coefficient (Wildman–Crippen LogP) is 3.60. The Morgan fingerprint density at radius 2 is 1.11 bits per heavy atom. The molecule has 4 rings (SSSR count). The molecule has 2 aromatic rings. The molecule has 2 aliphatic carbocycles. The molecule has 0 aliphatic heterocycles. The highest BCUT2D eigenvalue weighted by molar-refractivity contribution is 5.55. The van der Waals surface area contributed by atoms with E-state index in [0.29, 0.717) is 22.3 Å². The Hall–Kier alpha value is -1.74. The van der Waals surface area contributed by atoms with E-state index in [1.807, 2.05) is 0 Å². The molecule has 0 amide bonds.